The highest BCUT2D eigenvalue weighted by Crippen LogP contribution is 2.27. The summed E-state index contributed by atoms with van der Waals surface area (Å²) in [6.45, 7) is 9.05. The van der Waals surface area contributed by atoms with Crippen LogP contribution in [0.15, 0.2) is 11.6 Å². The molecule has 0 aromatic carbocycles. The Labute approximate surface area is 135 Å². The van der Waals surface area contributed by atoms with Crippen LogP contribution < -0.4 is 10.6 Å². The zero-order valence-electron chi connectivity index (χ0n) is 13.3. The summed E-state index contributed by atoms with van der Waals surface area (Å²) in [6.07, 6.45) is 3.27. The normalized spacial score (nSPS) is 25.8. The fraction of sp³-hybridized carbons (Fsp3) is 0.733. The van der Waals surface area contributed by atoms with Crippen molar-refractivity contribution in [3.05, 3.63) is 11.6 Å². The fourth-order valence-corrected chi connectivity index (χ4v) is 2.87. The van der Waals surface area contributed by atoms with Crippen LogP contribution in [0.4, 0.5) is 4.79 Å². The molecule has 3 atom stereocenters. The summed E-state index contributed by atoms with van der Waals surface area (Å²) in [5.41, 5.74) is 0.687. The molecule has 0 aromatic rings. The van der Waals surface area contributed by atoms with Crippen molar-refractivity contribution in [3.8, 4) is 0 Å². The van der Waals surface area contributed by atoms with E-state index in [0.29, 0.717) is 0 Å². The highest BCUT2D eigenvalue weighted by molar-refractivity contribution is 9.09. The standard InChI is InChI=1S/C15H25BrN2O3/c1-6-10-7-11(17-9(2)19)13(16)12(8-10)18-14(20)21-15(3,4)5/h7,11-13H,6,8H2,1-5H3,(H,17,19)(H,18,20)/t11-,12-,13+/m0/s1. The molecule has 2 N–H and O–H groups in total. The third-order valence-electron chi connectivity index (χ3n) is 3.15. The first-order chi connectivity index (χ1) is 9.62. The number of hydrogen-bond acceptors (Lipinski definition) is 3. The molecular weight excluding hydrogens is 336 g/mol. The zero-order valence-corrected chi connectivity index (χ0v) is 14.9. The summed E-state index contributed by atoms with van der Waals surface area (Å²) >= 11 is 3.58. The van der Waals surface area contributed by atoms with E-state index < -0.39 is 11.7 Å². The van der Waals surface area contributed by atoms with Crippen molar-refractivity contribution >= 4 is 27.9 Å². The van der Waals surface area contributed by atoms with Crippen LogP contribution in [0, 0.1) is 0 Å². The van der Waals surface area contributed by atoms with Gasteiger partial charge < -0.3 is 15.4 Å². The lowest BCUT2D eigenvalue weighted by Gasteiger charge is -2.35. The van der Waals surface area contributed by atoms with Crippen LogP contribution in [0.2, 0.25) is 0 Å². The number of alkyl halides is 1. The van der Waals surface area contributed by atoms with Crippen LogP contribution in [0.25, 0.3) is 0 Å². The molecule has 0 radical (unpaired) electrons. The number of ether oxygens (including phenoxy) is 1. The monoisotopic (exact) mass is 360 g/mol. The largest absolute Gasteiger partial charge is 0.444 e. The Bertz CT molecular complexity index is 429. The second kappa shape index (κ2) is 7.29. The first-order valence-corrected chi connectivity index (χ1v) is 8.14. The Morgan fingerprint density at radius 3 is 2.48 bits per heavy atom. The van der Waals surface area contributed by atoms with Gasteiger partial charge in [-0.1, -0.05) is 34.5 Å². The van der Waals surface area contributed by atoms with Crippen molar-refractivity contribution in [2.75, 3.05) is 0 Å². The van der Waals surface area contributed by atoms with Gasteiger partial charge in [-0.25, -0.2) is 4.79 Å². The maximum Gasteiger partial charge on any atom is 0.407 e. The predicted octanol–water partition coefficient (Wildman–Crippen LogP) is 2.89. The molecule has 0 bridgehead atoms. The predicted molar refractivity (Wildman–Crippen MR) is 86.5 cm³/mol. The number of hydrogen-bond donors (Lipinski definition) is 2. The average Bonchev–Trinajstić information content (AvgIpc) is 2.30. The quantitative estimate of drug-likeness (QED) is 0.600. The molecule has 6 heteroatoms. The molecule has 0 aromatic heterocycles. The van der Waals surface area contributed by atoms with Gasteiger partial charge in [-0.05, 0) is 33.6 Å². The molecule has 0 saturated carbocycles. The second-order valence-electron chi connectivity index (χ2n) is 6.31. The van der Waals surface area contributed by atoms with Crippen molar-refractivity contribution < 1.29 is 14.3 Å². The van der Waals surface area contributed by atoms with Crippen LogP contribution in [-0.4, -0.2) is 34.5 Å². The highest BCUT2D eigenvalue weighted by Gasteiger charge is 2.33. The number of nitrogens with one attached hydrogen (secondary N) is 2. The van der Waals surface area contributed by atoms with Crippen LogP contribution in [-0.2, 0) is 9.53 Å². The molecule has 1 aliphatic carbocycles. The van der Waals surface area contributed by atoms with E-state index in [9.17, 15) is 9.59 Å². The minimum absolute atomic E-state index is 0.0655. The van der Waals surface area contributed by atoms with E-state index in [1.165, 1.54) is 12.5 Å². The maximum atomic E-state index is 11.9. The van der Waals surface area contributed by atoms with Gasteiger partial charge in [-0.15, -0.1) is 0 Å². The molecule has 1 rings (SSSR count). The summed E-state index contributed by atoms with van der Waals surface area (Å²) in [7, 11) is 0. The molecule has 0 aliphatic heterocycles. The van der Waals surface area contributed by atoms with E-state index >= 15 is 0 Å². The minimum Gasteiger partial charge on any atom is -0.444 e. The minimum atomic E-state index is -0.527. The first-order valence-electron chi connectivity index (χ1n) is 7.22. The lowest BCUT2D eigenvalue weighted by Crippen LogP contribution is -2.53. The van der Waals surface area contributed by atoms with Gasteiger partial charge in [0.15, 0.2) is 0 Å². The van der Waals surface area contributed by atoms with Gasteiger partial charge in [0.1, 0.15) is 5.60 Å². The third-order valence-corrected chi connectivity index (χ3v) is 4.36. The molecule has 1 aliphatic rings. The molecule has 120 valence electrons. The number of amides is 2. The smallest absolute Gasteiger partial charge is 0.407 e. The molecule has 0 saturated heterocycles. The Kier molecular flexibility index (Phi) is 6.25. The number of carbonyl (C=O) groups excluding carboxylic acids is 2. The van der Waals surface area contributed by atoms with Crippen LogP contribution in [0.3, 0.4) is 0 Å². The lowest BCUT2D eigenvalue weighted by atomic mass is 9.90. The molecule has 21 heavy (non-hydrogen) atoms. The second-order valence-corrected chi connectivity index (χ2v) is 7.36. The van der Waals surface area contributed by atoms with Crippen LogP contribution >= 0.6 is 15.9 Å². The number of halogens is 1. The Morgan fingerprint density at radius 1 is 1.38 bits per heavy atom. The van der Waals surface area contributed by atoms with E-state index in [1.807, 2.05) is 20.8 Å². The Balaban J connectivity index is 2.76. The van der Waals surface area contributed by atoms with Crippen molar-refractivity contribution in [2.45, 2.75) is 70.0 Å². The first kappa shape index (κ1) is 18.0. The van der Waals surface area contributed by atoms with Crippen molar-refractivity contribution in [3.63, 3.8) is 0 Å². The lowest BCUT2D eigenvalue weighted by molar-refractivity contribution is -0.119. The molecular formula is C15H25BrN2O3. The fourth-order valence-electron chi connectivity index (χ4n) is 2.27. The topological polar surface area (TPSA) is 67.4 Å². The van der Waals surface area contributed by atoms with Crippen molar-refractivity contribution in [1.82, 2.24) is 10.6 Å². The van der Waals surface area contributed by atoms with Crippen molar-refractivity contribution in [2.24, 2.45) is 0 Å². The molecule has 5 nitrogen and oxygen atoms in total. The summed E-state index contributed by atoms with van der Waals surface area (Å²) in [4.78, 5) is 23.2. The van der Waals surface area contributed by atoms with Gasteiger partial charge in [0.2, 0.25) is 5.91 Å². The van der Waals surface area contributed by atoms with Gasteiger partial charge in [-0.2, -0.15) is 0 Å². The van der Waals surface area contributed by atoms with Gasteiger partial charge in [0.25, 0.3) is 0 Å². The van der Waals surface area contributed by atoms with Crippen molar-refractivity contribution in [1.29, 1.82) is 0 Å². The molecule has 0 unspecified atom stereocenters. The average molecular weight is 361 g/mol. The van der Waals surface area contributed by atoms with Gasteiger partial charge in [0.05, 0.1) is 16.9 Å². The van der Waals surface area contributed by atoms with E-state index in [1.54, 1.807) is 0 Å². The number of alkyl carbamates (subject to hydrolysis) is 1. The molecule has 0 fully saturated rings. The van der Waals surface area contributed by atoms with Crippen LogP contribution in [0.1, 0.15) is 47.5 Å². The summed E-state index contributed by atoms with van der Waals surface area (Å²) in [5, 5.41) is 5.79. The maximum absolute atomic E-state index is 11.9. The van der Waals surface area contributed by atoms with E-state index in [0.717, 1.165) is 12.8 Å². The van der Waals surface area contributed by atoms with E-state index in [2.05, 4.69) is 39.6 Å². The van der Waals surface area contributed by atoms with Crippen LogP contribution in [0.5, 0.6) is 0 Å². The van der Waals surface area contributed by atoms with E-state index in [4.69, 9.17) is 4.74 Å². The number of carbonyl (C=O) groups is 2. The zero-order chi connectivity index (χ0) is 16.2. The molecule has 0 heterocycles. The Morgan fingerprint density at radius 2 is 2.00 bits per heavy atom. The summed E-state index contributed by atoms with van der Waals surface area (Å²) in [6, 6.07) is -0.247. The summed E-state index contributed by atoms with van der Waals surface area (Å²) in [5.74, 6) is -0.0888. The third kappa shape index (κ3) is 6.08. The van der Waals surface area contributed by atoms with Gasteiger partial charge >= 0.3 is 6.09 Å². The van der Waals surface area contributed by atoms with E-state index in [-0.39, 0.29) is 22.8 Å². The molecule has 2 amide bonds. The van der Waals surface area contributed by atoms with Gasteiger partial charge in [0, 0.05) is 6.92 Å². The molecule has 0 spiro atoms. The SMILES string of the molecule is CCC1=C[C@H](NC(C)=O)[C@@H](Br)[C@@H](NC(=O)OC(C)(C)C)C1. The Hall–Kier alpha value is -1.04. The summed E-state index contributed by atoms with van der Waals surface area (Å²) < 4.78 is 5.30. The number of rotatable bonds is 3. The highest BCUT2D eigenvalue weighted by atomic mass is 79.9. The van der Waals surface area contributed by atoms with Gasteiger partial charge in [-0.3, -0.25) is 4.79 Å².